The van der Waals surface area contributed by atoms with Crippen molar-refractivity contribution in [3.8, 4) is 5.75 Å². The smallest absolute Gasteiger partial charge is 0.137 e. The summed E-state index contributed by atoms with van der Waals surface area (Å²) in [5, 5.41) is 11.3. The second-order valence-electron chi connectivity index (χ2n) is 5.64. The maximum Gasteiger partial charge on any atom is 0.137 e. The standard InChI is InChI=1S/C19H14ClNO/c1-11-15-10-14(22)7-6-12(15)8-16(11)17-9-13-4-2-3-5-18(13)21-19(17)20/h2-7,9-10,22H,8H2,1H3. The summed E-state index contributed by atoms with van der Waals surface area (Å²) >= 11 is 6.43. The molecule has 1 aliphatic rings. The molecule has 0 radical (unpaired) electrons. The number of hydrogen-bond acceptors (Lipinski definition) is 2. The molecule has 3 aromatic rings. The van der Waals surface area contributed by atoms with Gasteiger partial charge in [0, 0.05) is 10.9 Å². The van der Waals surface area contributed by atoms with Crippen LogP contribution in [0.1, 0.15) is 23.6 Å². The van der Waals surface area contributed by atoms with Gasteiger partial charge < -0.3 is 5.11 Å². The Morgan fingerprint density at radius 2 is 1.86 bits per heavy atom. The fourth-order valence-electron chi connectivity index (χ4n) is 3.15. The molecule has 0 fully saturated rings. The van der Waals surface area contributed by atoms with Gasteiger partial charge in [0.2, 0.25) is 0 Å². The lowest BCUT2D eigenvalue weighted by Gasteiger charge is -2.08. The average molecular weight is 308 g/mol. The molecule has 0 bridgehead atoms. The number of hydrogen-bond donors (Lipinski definition) is 1. The van der Waals surface area contributed by atoms with Gasteiger partial charge in [-0.25, -0.2) is 4.98 Å². The minimum atomic E-state index is 0.294. The normalized spacial score (nSPS) is 13.7. The quantitative estimate of drug-likeness (QED) is 0.636. The van der Waals surface area contributed by atoms with Crippen molar-refractivity contribution < 1.29 is 5.11 Å². The van der Waals surface area contributed by atoms with Crippen LogP contribution in [0, 0.1) is 0 Å². The van der Waals surface area contributed by atoms with Crippen molar-refractivity contribution in [3.05, 3.63) is 70.4 Å². The molecule has 1 heterocycles. The first kappa shape index (κ1) is 13.4. The lowest BCUT2D eigenvalue weighted by Crippen LogP contribution is -1.91. The largest absolute Gasteiger partial charge is 0.508 e. The van der Waals surface area contributed by atoms with Crippen molar-refractivity contribution in [2.24, 2.45) is 0 Å². The molecule has 0 unspecified atom stereocenters. The minimum absolute atomic E-state index is 0.294. The Morgan fingerprint density at radius 1 is 1.05 bits per heavy atom. The fourth-order valence-corrected chi connectivity index (χ4v) is 3.41. The first-order valence-corrected chi connectivity index (χ1v) is 7.59. The van der Waals surface area contributed by atoms with Crippen LogP contribution in [0.2, 0.25) is 5.15 Å². The second kappa shape index (κ2) is 4.85. The number of phenolic OH excluding ortho intramolecular Hbond substituents is 1. The van der Waals surface area contributed by atoms with Crippen molar-refractivity contribution in [1.29, 1.82) is 0 Å². The van der Waals surface area contributed by atoms with Gasteiger partial charge in [-0.1, -0.05) is 35.9 Å². The molecule has 3 heteroatoms. The molecular weight excluding hydrogens is 294 g/mol. The third-order valence-electron chi connectivity index (χ3n) is 4.32. The summed E-state index contributed by atoms with van der Waals surface area (Å²) in [6.07, 6.45) is 0.821. The van der Waals surface area contributed by atoms with E-state index in [1.165, 1.54) is 11.1 Å². The van der Waals surface area contributed by atoms with E-state index in [0.29, 0.717) is 10.9 Å². The van der Waals surface area contributed by atoms with Gasteiger partial charge in [0.15, 0.2) is 0 Å². The van der Waals surface area contributed by atoms with E-state index in [1.807, 2.05) is 36.4 Å². The molecule has 1 N–H and O–H groups in total. The van der Waals surface area contributed by atoms with Gasteiger partial charge in [-0.05, 0) is 59.9 Å². The first-order chi connectivity index (χ1) is 10.6. The van der Waals surface area contributed by atoms with E-state index in [0.717, 1.165) is 34.0 Å². The molecule has 0 aliphatic heterocycles. The number of halogens is 1. The lowest BCUT2D eigenvalue weighted by molar-refractivity contribution is 0.475. The Hall–Kier alpha value is -2.32. The Bertz CT molecular complexity index is 943. The Balaban J connectivity index is 1.91. The van der Waals surface area contributed by atoms with E-state index in [9.17, 15) is 5.11 Å². The highest BCUT2D eigenvalue weighted by Gasteiger charge is 2.22. The van der Waals surface area contributed by atoms with Crippen LogP contribution >= 0.6 is 11.6 Å². The lowest BCUT2D eigenvalue weighted by atomic mass is 10.0. The van der Waals surface area contributed by atoms with E-state index < -0.39 is 0 Å². The molecule has 0 saturated carbocycles. The number of phenols is 1. The Labute approximate surface area is 133 Å². The number of benzene rings is 2. The molecule has 22 heavy (non-hydrogen) atoms. The van der Waals surface area contributed by atoms with Crippen LogP contribution in [0.25, 0.3) is 22.0 Å². The summed E-state index contributed by atoms with van der Waals surface area (Å²) in [7, 11) is 0. The molecule has 0 spiro atoms. The zero-order valence-corrected chi connectivity index (χ0v) is 12.9. The number of allylic oxidation sites excluding steroid dienone is 2. The maximum absolute atomic E-state index is 9.71. The van der Waals surface area contributed by atoms with Gasteiger partial charge in [-0.15, -0.1) is 0 Å². The molecule has 0 atom stereocenters. The monoisotopic (exact) mass is 307 g/mol. The van der Waals surface area contributed by atoms with Gasteiger partial charge in [0.05, 0.1) is 5.52 Å². The number of nitrogens with zero attached hydrogens (tertiary/aromatic N) is 1. The Kier molecular flexibility index (Phi) is 2.95. The number of fused-ring (bicyclic) bond motifs is 2. The van der Waals surface area contributed by atoms with Crippen molar-refractivity contribution in [2.45, 2.75) is 13.3 Å². The van der Waals surface area contributed by atoms with Crippen LogP contribution in [0.15, 0.2) is 48.5 Å². The van der Waals surface area contributed by atoms with Crippen LogP contribution in [0.5, 0.6) is 5.75 Å². The molecule has 4 rings (SSSR count). The molecular formula is C19H14ClNO. The molecule has 0 amide bonds. The van der Waals surface area contributed by atoms with Crippen molar-refractivity contribution >= 4 is 33.7 Å². The topological polar surface area (TPSA) is 33.1 Å². The summed E-state index contributed by atoms with van der Waals surface area (Å²) in [4.78, 5) is 4.52. The number of aromatic hydroxyl groups is 1. The average Bonchev–Trinajstić information content (AvgIpc) is 2.83. The molecule has 2 aromatic carbocycles. The van der Waals surface area contributed by atoms with Gasteiger partial charge in [0.1, 0.15) is 10.9 Å². The van der Waals surface area contributed by atoms with E-state index >= 15 is 0 Å². The van der Waals surface area contributed by atoms with Crippen molar-refractivity contribution in [2.75, 3.05) is 0 Å². The van der Waals surface area contributed by atoms with Gasteiger partial charge >= 0.3 is 0 Å². The van der Waals surface area contributed by atoms with Crippen molar-refractivity contribution in [3.63, 3.8) is 0 Å². The SMILES string of the molecule is CC1=C(c2cc3ccccc3nc2Cl)Cc2ccc(O)cc21. The predicted octanol–water partition coefficient (Wildman–Crippen LogP) is 5.08. The number of pyridine rings is 1. The highest BCUT2D eigenvalue weighted by molar-refractivity contribution is 6.32. The van der Waals surface area contributed by atoms with Crippen LogP contribution in [-0.4, -0.2) is 10.1 Å². The zero-order chi connectivity index (χ0) is 15.3. The van der Waals surface area contributed by atoms with Crippen LogP contribution in [0.4, 0.5) is 0 Å². The number of para-hydroxylation sites is 1. The van der Waals surface area contributed by atoms with Gasteiger partial charge in [-0.3, -0.25) is 0 Å². The van der Waals surface area contributed by atoms with Crippen LogP contribution in [-0.2, 0) is 6.42 Å². The molecule has 0 saturated heterocycles. The van der Waals surface area contributed by atoms with Gasteiger partial charge in [-0.2, -0.15) is 0 Å². The first-order valence-electron chi connectivity index (χ1n) is 7.21. The third-order valence-corrected chi connectivity index (χ3v) is 4.61. The molecule has 1 aliphatic carbocycles. The van der Waals surface area contributed by atoms with E-state index in [4.69, 9.17) is 11.6 Å². The summed E-state index contributed by atoms with van der Waals surface area (Å²) in [6.45, 7) is 2.08. The molecule has 2 nitrogen and oxygen atoms in total. The highest BCUT2D eigenvalue weighted by Crippen LogP contribution is 2.41. The summed E-state index contributed by atoms with van der Waals surface area (Å²) in [6, 6.07) is 15.6. The summed E-state index contributed by atoms with van der Waals surface area (Å²) in [5.41, 5.74) is 6.54. The van der Waals surface area contributed by atoms with E-state index in [1.54, 1.807) is 6.07 Å². The predicted molar refractivity (Wildman–Crippen MR) is 91.1 cm³/mol. The second-order valence-corrected chi connectivity index (χ2v) is 6.00. The number of aromatic nitrogens is 1. The summed E-state index contributed by atoms with van der Waals surface area (Å²) < 4.78 is 0. The van der Waals surface area contributed by atoms with Gasteiger partial charge in [0.25, 0.3) is 0 Å². The number of rotatable bonds is 1. The van der Waals surface area contributed by atoms with E-state index in [2.05, 4.69) is 18.0 Å². The van der Waals surface area contributed by atoms with Crippen LogP contribution < -0.4 is 0 Å². The highest BCUT2D eigenvalue weighted by atomic mass is 35.5. The van der Waals surface area contributed by atoms with Crippen molar-refractivity contribution in [1.82, 2.24) is 4.98 Å². The maximum atomic E-state index is 9.71. The zero-order valence-electron chi connectivity index (χ0n) is 12.1. The summed E-state index contributed by atoms with van der Waals surface area (Å²) in [5.74, 6) is 0.294. The Morgan fingerprint density at radius 3 is 2.73 bits per heavy atom. The minimum Gasteiger partial charge on any atom is -0.508 e. The molecule has 108 valence electrons. The van der Waals surface area contributed by atoms with Crippen LogP contribution in [0.3, 0.4) is 0 Å². The third kappa shape index (κ3) is 1.99. The fraction of sp³-hybridized carbons (Fsp3) is 0.105. The van der Waals surface area contributed by atoms with E-state index in [-0.39, 0.29) is 0 Å². The molecule has 1 aromatic heterocycles.